The summed E-state index contributed by atoms with van der Waals surface area (Å²) in [6.07, 6.45) is 16.6. The van der Waals surface area contributed by atoms with Gasteiger partial charge in [0.15, 0.2) is 0 Å². The summed E-state index contributed by atoms with van der Waals surface area (Å²) >= 11 is 0. The van der Waals surface area contributed by atoms with Gasteiger partial charge in [-0.05, 0) is 12.8 Å². The third-order valence-electron chi connectivity index (χ3n) is 3.87. The second-order valence-corrected chi connectivity index (χ2v) is 6.06. The molecular formula is C20H36O3. The van der Waals surface area contributed by atoms with Crippen molar-refractivity contribution in [3.8, 4) is 0 Å². The van der Waals surface area contributed by atoms with Crippen LogP contribution in [0.5, 0.6) is 0 Å². The van der Waals surface area contributed by atoms with E-state index in [2.05, 4.69) is 20.1 Å². The van der Waals surface area contributed by atoms with Gasteiger partial charge in [-0.1, -0.05) is 77.4 Å². The Hall–Kier alpha value is -1.09. The van der Waals surface area contributed by atoms with Crippen molar-refractivity contribution in [1.82, 2.24) is 0 Å². The van der Waals surface area contributed by atoms with E-state index in [1.165, 1.54) is 63.9 Å². The van der Waals surface area contributed by atoms with E-state index in [1.54, 1.807) is 6.08 Å². The molecule has 0 saturated heterocycles. The summed E-state index contributed by atoms with van der Waals surface area (Å²) in [7, 11) is 0. The fourth-order valence-corrected chi connectivity index (χ4v) is 2.53. The van der Waals surface area contributed by atoms with Gasteiger partial charge in [0, 0.05) is 6.08 Å². The van der Waals surface area contributed by atoms with Crippen LogP contribution in [0.25, 0.3) is 0 Å². The molecule has 0 radical (unpaired) electrons. The third-order valence-corrected chi connectivity index (χ3v) is 3.87. The Morgan fingerprint density at radius 1 is 0.957 bits per heavy atom. The predicted molar refractivity (Wildman–Crippen MR) is 97.6 cm³/mol. The highest BCUT2D eigenvalue weighted by molar-refractivity contribution is 5.81. The summed E-state index contributed by atoms with van der Waals surface area (Å²) in [5.41, 5.74) is 0. The lowest BCUT2D eigenvalue weighted by Gasteiger charge is -2.16. The highest BCUT2D eigenvalue weighted by atomic mass is 16.6. The van der Waals surface area contributed by atoms with Crippen molar-refractivity contribution in [1.29, 1.82) is 0 Å². The average molecular weight is 325 g/mol. The summed E-state index contributed by atoms with van der Waals surface area (Å²) in [4.78, 5) is 11.3. The van der Waals surface area contributed by atoms with Crippen molar-refractivity contribution in [3.63, 3.8) is 0 Å². The van der Waals surface area contributed by atoms with Gasteiger partial charge in [-0.3, -0.25) is 0 Å². The van der Waals surface area contributed by atoms with E-state index in [0.717, 1.165) is 12.8 Å². The minimum atomic E-state index is -0.371. The molecule has 0 aromatic carbocycles. The van der Waals surface area contributed by atoms with Gasteiger partial charge in [0.1, 0.15) is 6.10 Å². The molecule has 0 aromatic rings. The highest BCUT2D eigenvalue weighted by Crippen LogP contribution is 2.13. The van der Waals surface area contributed by atoms with Gasteiger partial charge in [0.05, 0.1) is 13.2 Å². The van der Waals surface area contributed by atoms with Gasteiger partial charge in [-0.2, -0.15) is 0 Å². The van der Waals surface area contributed by atoms with Crippen LogP contribution < -0.4 is 0 Å². The van der Waals surface area contributed by atoms with E-state index in [9.17, 15) is 4.79 Å². The molecule has 134 valence electrons. The monoisotopic (exact) mass is 324 g/mol. The molecule has 0 N–H and O–H groups in total. The molecule has 0 spiro atoms. The highest BCUT2D eigenvalue weighted by Gasteiger charge is 2.12. The van der Waals surface area contributed by atoms with Gasteiger partial charge in [-0.25, -0.2) is 4.79 Å². The van der Waals surface area contributed by atoms with Crippen molar-refractivity contribution in [2.24, 2.45) is 0 Å². The van der Waals surface area contributed by atoms with Crippen LogP contribution in [0.2, 0.25) is 0 Å². The molecule has 3 heteroatoms. The first kappa shape index (κ1) is 21.9. The molecule has 0 aliphatic carbocycles. The Bertz CT molecular complexity index is 299. The van der Waals surface area contributed by atoms with Gasteiger partial charge >= 0.3 is 5.97 Å². The second kappa shape index (κ2) is 17.3. The van der Waals surface area contributed by atoms with Crippen LogP contribution in [0.4, 0.5) is 0 Å². The normalized spacial score (nSPS) is 11.9. The lowest BCUT2D eigenvalue weighted by molar-refractivity contribution is -0.146. The van der Waals surface area contributed by atoms with Crippen LogP contribution in [-0.2, 0) is 14.3 Å². The molecule has 1 unspecified atom stereocenters. The average Bonchev–Trinajstić information content (AvgIpc) is 2.56. The van der Waals surface area contributed by atoms with Crippen molar-refractivity contribution in [2.75, 3.05) is 13.2 Å². The molecule has 1 atom stereocenters. The number of esters is 1. The second-order valence-electron chi connectivity index (χ2n) is 6.06. The summed E-state index contributed by atoms with van der Waals surface area (Å²) in [5.74, 6) is -0.371. The van der Waals surface area contributed by atoms with Gasteiger partial charge in [-0.15, -0.1) is 6.58 Å². The zero-order valence-electron chi connectivity index (χ0n) is 15.1. The number of unbranched alkanes of at least 4 members (excludes halogenated alkanes) is 9. The number of carbonyl (C=O) groups is 1. The fraction of sp³-hybridized carbons (Fsp3) is 0.750. The quantitative estimate of drug-likeness (QED) is 0.151. The molecule has 0 heterocycles. The van der Waals surface area contributed by atoms with E-state index >= 15 is 0 Å². The van der Waals surface area contributed by atoms with Crippen molar-refractivity contribution < 1.29 is 14.3 Å². The number of carbonyl (C=O) groups excluding carboxylic acids is 1. The zero-order chi connectivity index (χ0) is 17.2. The number of ether oxygens (including phenoxy) is 2. The Morgan fingerprint density at radius 3 is 2.04 bits per heavy atom. The summed E-state index contributed by atoms with van der Waals surface area (Å²) in [6.45, 7) is 10.2. The summed E-state index contributed by atoms with van der Waals surface area (Å²) in [6, 6.07) is 0. The fourth-order valence-electron chi connectivity index (χ4n) is 2.53. The molecule has 0 saturated carbocycles. The predicted octanol–water partition coefficient (Wildman–Crippen LogP) is 5.60. The molecule has 0 aromatic heterocycles. The summed E-state index contributed by atoms with van der Waals surface area (Å²) in [5, 5.41) is 0. The van der Waals surface area contributed by atoms with Crippen LogP contribution >= 0.6 is 0 Å². The first-order valence-electron chi connectivity index (χ1n) is 9.26. The zero-order valence-corrected chi connectivity index (χ0v) is 15.1. The van der Waals surface area contributed by atoms with E-state index in [0.29, 0.717) is 13.2 Å². The van der Waals surface area contributed by atoms with Gasteiger partial charge < -0.3 is 9.47 Å². The minimum absolute atomic E-state index is 0.172. The molecule has 23 heavy (non-hydrogen) atoms. The van der Waals surface area contributed by atoms with E-state index in [4.69, 9.17) is 9.47 Å². The Morgan fingerprint density at radius 2 is 1.52 bits per heavy atom. The maximum Gasteiger partial charge on any atom is 0.330 e. The number of hydrogen-bond donors (Lipinski definition) is 0. The lowest BCUT2D eigenvalue weighted by Crippen LogP contribution is -2.22. The van der Waals surface area contributed by atoms with E-state index in [1.807, 2.05) is 0 Å². The molecule has 0 fully saturated rings. The number of hydrogen-bond acceptors (Lipinski definition) is 3. The van der Waals surface area contributed by atoms with Crippen LogP contribution in [0.15, 0.2) is 25.3 Å². The van der Waals surface area contributed by atoms with Crippen molar-refractivity contribution in [3.05, 3.63) is 25.3 Å². The molecule has 0 bridgehead atoms. The molecule has 0 aliphatic heterocycles. The summed E-state index contributed by atoms with van der Waals surface area (Å²) < 4.78 is 10.7. The molecular weight excluding hydrogens is 288 g/mol. The van der Waals surface area contributed by atoms with Gasteiger partial charge in [0.2, 0.25) is 0 Å². The SMILES string of the molecule is C=CCOCC(CCCCCCCCCCCC)OC(=O)C=C. The van der Waals surface area contributed by atoms with Crippen LogP contribution in [0.1, 0.15) is 77.6 Å². The molecule has 0 amide bonds. The van der Waals surface area contributed by atoms with Crippen molar-refractivity contribution >= 4 is 5.97 Å². The van der Waals surface area contributed by atoms with E-state index < -0.39 is 0 Å². The van der Waals surface area contributed by atoms with Crippen LogP contribution in [0, 0.1) is 0 Å². The lowest BCUT2D eigenvalue weighted by atomic mass is 10.0. The Balaban J connectivity index is 3.62. The minimum Gasteiger partial charge on any atom is -0.457 e. The maximum absolute atomic E-state index is 11.3. The third kappa shape index (κ3) is 15.6. The standard InChI is InChI=1S/C20H36O3/c1-4-7-8-9-10-11-12-13-14-15-16-19(18-22-17-5-2)23-20(21)6-3/h5-6,19H,2-4,7-18H2,1H3. The van der Waals surface area contributed by atoms with Crippen LogP contribution in [0.3, 0.4) is 0 Å². The first-order valence-corrected chi connectivity index (χ1v) is 9.26. The first-order chi connectivity index (χ1) is 11.2. The molecule has 0 rings (SSSR count). The maximum atomic E-state index is 11.3. The van der Waals surface area contributed by atoms with Gasteiger partial charge in [0.25, 0.3) is 0 Å². The van der Waals surface area contributed by atoms with E-state index in [-0.39, 0.29) is 12.1 Å². The Labute approximate surface area is 143 Å². The number of rotatable bonds is 17. The van der Waals surface area contributed by atoms with Crippen molar-refractivity contribution in [2.45, 2.75) is 83.7 Å². The smallest absolute Gasteiger partial charge is 0.330 e. The Kier molecular flexibility index (Phi) is 16.4. The topological polar surface area (TPSA) is 35.5 Å². The molecule has 0 aliphatic rings. The largest absolute Gasteiger partial charge is 0.457 e. The van der Waals surface area contributed by atoms with Crippen LogP contribution in [-0.4, -0.2) is 25.3 Å². The molecule has 3 nitrogen and oxygen atoms in total.